The Hall–Kier alpha value is -1.69. The fourth-order valence-electron chi connectivity index (χ4n) is 2.75. The summed E-state index contributed by atoms with van der Waals surface area (Å²) in [5, 5.41) is 20.4. The molecule has 2 aromatic rings. The van der Waals surface area contributed by atoms with Crippen LogP contribution in [-0.2, 0) is 6.54 Å². The van der Waals surface area contributed by atoms with Gasteiger partial charge in [-0.05, 0) is 12.5 Å². The van der Waals surface area contributed by atoms with Crippen molar-refractivity contribution in [3.63, 3.8) is 0 Å². The standard InChI is InChI=1S/C16H22N4O/c1-12-2-4-13(5-3-12)16-14(8-18-19-16)10-20-7-6-17-9-15(21)11-20/h2-5,8,15,17,21H,6-7,9-11H2,1H3,(H,18,19)/t15-/m1/s1. The van der Waals surface area contributed by atoms with Gasteiger partial charge in [-0.2, -0.15) is 5.10 Å². The van der Waals surface area contributed by atoms with Crippen LogP contribution in [-0.4, -0.2) is 52.5 Å². The molecule has 0 saturated carbocycles. The van der Waals surface area contributed by atoms with E-state index in [-0.39, 0.29) is 6.10 Å². The molecule has 1 aromatic heterocycles. The predicted molar refractivity (Wildman–Crippen MR) is 82.9 cm³/mol. The average Bonchev–Trinajstić information content (AvgIpc) is 2.82. The number of H-pyrrole nitrogens is 1. The highest BCUT2D eigenvalue weighted by molar-refractivity contribution is 5.62. The summed E-state index contributed by atoms with van der Waals surface area (Å²) in [6.45, 7) is 6.12. The van der Waals surface area contributed by atoms with E-state index in [0.717, 1.165) is 30.9 Å². The number of hydrogen-bond acceptors (Lipinski definition) is 4. The lowest BCUT2D eigenvalue weighted by molar-refractivity contribution is 0.127. The topological polar surface area (TPSA) is 64.2 Å². The summed E-state index contributed by atoms with van der Waals surface area (Å²) in [4.78, 5) is 2.27. The second kappa shape index (κ2) is 6.39. The van der Waals surface area contributed by atoms with Gasteiger partial charge in [-0.3, -0.25) is 10.00 Å². The summed E-state index contributed by atoms with van der Waals surface area (Å²) in [5.41, 5.74) is 4.65. The van der Waals surface area contributed by atoms with Gasteiger partial charge in [0, 0.05) is 38.3 Å². The van der Waals surface area contributed by atoms with E-state index in [2.05, 4.69) is 51.6 Å². The fourth-order valence-corrected chi connectivity index (χ4v) is 2.75. The van der Waals surface area contributed by atoms with E-state index in [1.54, 1.807) is 0 Å². The van der Waals surface area contributed by atoms with Crippen LogP contribution < -0.4 is 5.32 Å². The number of aromatic nitrogens is 2. The second-order valence-corrected chi connectivity index (χ2v) is 5.73. The number of hydrogen-bond donors (Lipinski definition) is 3. The number of aromatic amines is 1. The first-order valence-corrected chi connectivity index (χ1v) is 7.43. The molecule has 5 heteroatoms. The average molecular weight is 286 g/mol. The first-order valence-electron chi connectivity index (χ1n) is 7.43. The highest BCUT2D eigenvalue weighted by Crippen LogP contribution is 2.22. The summed E-state index contributed by atoms with van der Waals surface area (Å²) >= 11 is 0. The van der Waals surface area contributed by atoms with E-state index in [1.807, 2.05) is 6.20 Å². The minimum absolute atomic E-state index is 0.303. The molecule has 1 saturated heterocycles. The van der Waals surface area contributed by atoms with Crippen molar-refractivity contribution in [2.45, 2.75) is 19.6 Å². The van der Waals surface area contributed by atoms with E-state index >= 15 is 0 Å². The molecule has 5 nitrogen and oxygen atoms in total. The molecule has 0 amide bonds. The zero-order valence-electron chi connectivity index (χ0n) is 12.3. The lowest BCUT2D eigenvalue weighted by atomic mass is 10.1. The molecule has 1 fully saturated rings. The Morgan fingerprint density at radius 2 is 2.14 bits per heavy atom. The molecule has 0 bridgehead atoms. The molecule has 0 unspecified atom stereocenters. The van der Waals surface area contributed by atoms with Gasteiger partial charge < -0.3 is 10.4 Å². The van der Waals surface area contributed by atoms with Gasteiger partial charge in [-0.15, -0.1) is 0 Å². The molecule has 3 N–H and O–H groups in total. The van der Waals surface area contributed by atoms with E-state index in [1.165, 1.54) is 11.1 Å². The van der Waals surface area contributed by atoms with E-state index in [9.17, 15) is 5.11 Å². The Labute approximate surface area is 125 Å². The number of benzene rings is 1. The molecule has 112 valence electrons. The van der Waals surface area contributed by atoms with Crippen LogP contribution in [0.5, 0.6) is 0 Å². The molecular formula is C16H22N4O. The molecule has 1 aliphatic rings. The molecule has 2 heterocycles. The number of aryl methyl sites for hydroxylation is 1. The SMILES string of the molecule is Cc1ccc(-c2[nH]ncc2CN2CCNC[C@@H](O)C2)cc1. The fraction of sp³-hybridized carbons (Fsp3) is 0.438. The van der Waals surface area contributed by atoms with Crippen molar-refractivity contribution >= 4 is 0 Å². The van der Waals surface area contributed by atoms with E-state index < -0.39 is 0 Å². The number of aliphatic hydroxyl groups excluding tert-OH is 1. The predicted octanol–water partition coefficient (Wildman–Crippen LogP) is 1.15. The molecule has 0 spiro atoms. The van der Waals surface area contributed by atoms with E-state index in [4.69, 9.17) is 0 Å². The zero-order valence-corrected chi connectivity index (χ0v) is 12.3. The van der Waals surface area contributed by atoms with Crippen molar-refractivity contribution < 1.29 is 5.11 Å². The quantitative estimate of drug-likeness (QED) is 0.792. The van der Waals surface area contributed by atoms with Crippen molar-refractivity contribution in [3.05, 3.63) is 41.6 Å². The van der Waals surface area contributed by atoms with Crippen molar-refractivity contribution in [3.8, 4) is 11.3 Å². The second-order valence-electron chi connectivity index (χ2n) is 5.73. The van der Waals surface area contributed by atoms with Gasteiger partial charge >= 0.3 is 0 Å². The first-order chi connectivity index (χ1) is 10.2. The Bertz CT molecular complexity index is 578. The number of nitrogens with one attached hydrogen (secondary N) is 2. The van der Waals surface area contributed by atoms with Crippen LogP contribution in [0.1, 0.15) is 11.1 Å². The number of rotatable bonds is 3. The van der Waals surface area contributed by atoms with Crippen molar-refractivity contribution in [2.24, 2.45) is 0 Å². The maximum Gasteiger partial charge on any atom is 0.0791 e. The Kier molecular flexibility index (Phi) is 4.34. The van der Waals surface area contributed by atoms with Crippen LogP contribution in [0.15, 0.2) is 30.5 Å². The molecule has 1 aliphatic heterocycles. The summed E-state index contributed by atoms with van der Waals surface area (Å²) < 4.78 is 0. The van der Waals surface area contributed by atoms with Gasteiger partial charge in [0.25, 0.3) is 0 Å². The Balaban J connectivity index is 1.77. The van der Waals surface area contributed by atoms with Crippen LogP contribution in [0.4, 0.5) is 0 Å². The smallest absolute Gasteiger partial charge is 0.0791 e. The largest absolute Gasteiger partial charge is 0.390 e. The minimum atomic E-state index is -0.303. The van der Waals surface area contributed by atoms with Crippen LogP contribution >= 0.6 is 0 Å². The van der Waals surface area contributed by atoms with Crippen LogP contribution in [0, 0.1) is 6.92 Å². The van der Waals surface area contributed by atoms with Crippen LogP contribution in [0.2, 0.25) is 0 Å². The van der Waals surface area contributed by atoms with Crippen LogP contribution in [0.3, 0.4) is 0 Å². The molecule has 0 aliphatic carbocycles. The highest BCUT2D eigenvalue weighted by Gasteiger charge is 2.18. The monoisotopic (exact) mass is 286 g/mol. The number of β-amino-alcohol motifs (C(OH)–C–C–N with tert-alkyl or cyclic N) is 1. The van der Waals surface area contributed by atoms with Gasteiger partial charge in [0.05, 0.1) is 18.0 Å². The van der Waals surface area contributed by atoms with Crippen molar-refractivity contribution in [1.29, 1.82) is 0 Å². The maximum absolute atomic E-state index is 9.88. The number of aliphatic hydroxyl groups is 1. The summed E-state index contributed by atoms with van der Waals surface area (Å²) in [5.74, 6) is 0. The number of nitrogens with zero attached hydrogens (tertiary/aromatic N) is 2. The van der Waals surface area contributed by atoms with Gasteiger partial charge in [-0.25, -0.2) is 0 Å². The third-order valence-corrected chi connectivity index (χ3v) is 3.91. The van der Waals surface area contributed by atoms with Gasteiger partial charge in [0.2, 0.25) is 0 Å². The molecule has 0 radical (unpaired) electrons. The normalized spacial score (nSPS) is 20.4. The molecule has 1 atom stereocenters. The lowest BCUT2D eigenvalue weighted by Crippen LogP contribution is -2.32. The summed E-state index contributed by atoms with van der Waals surface area (Å²) in [7, 11) is 0. The Morgan fingerprint density at radius 1 is 1.33 bits per heavy atom. The van der Waals surface area contributed by atoms with E-state index in [0.29, 0.717) is 13.1 Å². The highest BCUT2D eigenvalue weighted by atomic mass is 16.3. The van der Waals surface area contributed by atoms with Crippen LogP contribution in [0.25, 0.3) is 11.3 Å². The minimum Gasteiger partial charge on any atom is -0.390 e. The first kappa shape index (κ1) is 14.3. The van der Waals surface area contributed by atoms with Gasteiger partial charge in [0.1, 0.15) is 0 Å². The van der Waals surface area contributed by atoms with Gasteiger partial charge in [-0.1, -0.05) is 29.8 Å². The van der Waals surface area contributed by atoms with Crippen molar-refractivity contribution in [2.75, 3.05) is 26.2 Å². The van der Waals surface area contributed by atoms with Gasteiger partial charge in [0.15, 0.2) is 0 Å². The summed E-state index contributed by atoms with van der Waals surface area (Å²) in [6.07, 6.45) is 1.59. The Morgan fingerprint density at radius 3 is 2.95 bits per heavy atom. The molecular weight excluding hydrogens is 264 g/mol. The lowest BCUT2D eigenvalue weighted by Gasteiger charge is -2.21. The maximum atomic E-state index is 9.88. The molecule has 1 aromatic carbocycles. The molecule has 21 heavy (non-hydrogen) atoms. The third-order valence-electron chi connectivity index (χ3n) is 3.91. The summed E-state index contributed by atoms with van der Waals surface area (Å²) in [6, 6.07) is 8.45. The molecule has 3 rings (SSSR count). The third kappa shape index (κ3) is 3.50. The van der Waals surface area contributed by atoms with Crippen molar-refractivity contribution in [1.82, 2.24) is 20.4 Å². The zero-order chi connectivity index (χ0) is 14.7.